The zero-order valence-electron chi connectivity index (χ0n) is 26.0. The highest BCUT2D eigenvalue weighted by Gasteiger charge is 2.78. The normalized spacial score (nSPS) is 40.5. The van der Waals surface area contributed by atoms with Crippen molar-refractivity contribution in [3.05, 3.63) is 12.2 Å². The first-order chi connectivity index (χ1) is 20.0. The molecule has 4 fully saturated rings. The van der Waals surface area contributed by atoms with Crippen molar-refractivity contribution >= 4 is 29.8 Å². The Morgan fingerprint density at radius 1 is 1.00 bits per heavy atom. The van der Waals surface area contributed by atoms with Crippen LogP contribution in [0.2, 0.25) is 0 Å². The second kappa shape index (κ2) is 11.8. The summed E-state index contributed by atoms with van der Waals surface area (Å²) in [4.78, 5) is 64.0. The van der Waals surface area contributed by atoms with E-state index in [1.807, 2.05) is 13.8 Å². The molecule has 1 N–H and O–H groups in total. The van der Waals surface area contributed by atoms with Crippen LogP contribution in [0.1, 0.15) is 80.6 Å². The van der Waals surface area contributed by atoms with Gasteiger partial charge in [0.05, 0.1) is 17.9 Å². The molecule has 0 radical (unpaired) electrons. The van der Waals surface area contributed by atoms with Crippen LogP contribution >= 0.6 is 0 Å². The van der Waals surface area contributed by atoms with E-state index in [2.05, 4.69) is 6.58 Å². The molecule has 2 saturated carbocycles. The zero-order valence-corrected chi connectivity index (χ0v) is 26.0. The summed E-state index contributed by atoms with van der Waals surface area (Å²) in [5.41, 5.74) is -4.19. The van der Waals surface area contributed by atoms with Crippen molar-refractivity contribution < 1.29 is 57.5 Å². The lowest BCUT2D eigenvalue weighted by molar-refractivity contribution is -0.260. The van der Waals surface area contributed by atoms with E-state index in [1.54, 1.807) is 6.92 Å². The minimum atomic E-state index is -2.10. The first kappa shape index (κ1) is 32.9. The predicted molar refractivity (Wildman–Crippen MR) is 148 cm³/mol. The average Bonchev–Trinajstić information content (AvgIpc) is 3.63. The predicted octanol–water partition coefficient (Wildman–Crippen LogP) is 2.57. The van der Waals surface area contributed by atoms with Gasteiger partial charge in [-0.1, -0.05) is 32.9 Å². The summed E-state index contributed by atoms with van der Waals surface area (Å²) in [7, 11) is 0. The summed E-state index contributed by atoms with van der Waals surface area (Å²) in [6.45, 7) is 14.8. The summed E-state index contributed by atoms with van der Waals surface area (Å²) in [5, 5.41) is 12.6. The molecule has 12 nitrogen and oxygen atoms in total. The van der Waals surface area contributed by atoms with Gasteiger partial charge >= 0.3 is 29.8 Å². The van der Waals surface area contributed by atoms with Crippen LogP contribution in [0.25, 0.3) is 0 Å². The van der Waals surface area contributed by atoms with Gasteiger partial charge in [0.25, 0.3) is 0 Å². The average molecular weight is 609 g/mol. The number of fused-ring (bicyclic) bond motifs is 3. The molecule has 43 heavy (non-hydrogen) atoms. The molecule has 2 aliphatic heterocycles. The third-order valence-electron chi connectivity index (χ3n) is 9.61. The number of carbonyl (C=O) groups excluding carboxylic acids is 5. The van der Waals surface area contributed by atoms with Gasteiger partial charge in [0.1, 0.15) is 36.1 Å². The molecule has 2 saturated heterocycles. The SMILES string of the molecule is C=C1CC[C@H](OC(C)=O)[C@@]2(C)[C@@H](OC(=O)CC(C)C)C[C@@H](OC(C)=O)[C@]3(CO3)[C@@H]2[C@H](OC(C)=O)[C@@]2(O)[C@H](C1)OC(=O)[C@@H]2C. The quantitative estimate of drug-likeness (QED) is 0.203. The number of esters is 5. The van der Waals surface area contributed by atoms with Gasteiger partial charge in [0.15, 0.2) is 5.60 Å². The van der Waals surface area contributed by atoms with Crippen LogP contribution in [0.5, 0.6) is 0 Å². The monoisotopic (exact) mass is 608 g/mol. The molecule has 4 rings (SSSR count). The number of epoxide rings is 1. The van der Waals surface area contributed by atoms with Crippen molar-refractivity contribution in [2.75, 3.05) is 6.61 Å². The molecular weight excluding hydrogens is 564 g/mol. The Labute approximate surface area is 251 Å². The standard InChI is InChI=1S/C31H44O12/c1-15(2)11-25(35)42-22-13-23(40-19(6)33)30(14-38-30)26-27(41-20(7)34)31(37)17(4)28(36)43-24(31)12-16(3)9-10-21(29(22,26)8)39-18(5)32/h15,17,21-24,26-27,37H,3,9-14H2,1-2,4-8H3/t17-,21-,22-,23+,24-,26+,27-,29-,30+,31-/m0/s1. The van der Waals surface area contributed by atoms with E-state index in [0.29, 0.717) is 12.0 Å². The van der Waals surface area contributed by atoms with Crippen LogP contribution in [0.15, 0.2) is 12.2 Å². The number of ether oxygens (including phenoxy) is 6. The Morgan fingerprint density at radius 2 is 1.58 bits per heavy atom. The molecule has 0 bridgehead atoms. The largest absolute Gasteiger partial charge is 0.462 e. The Morgan fingerprint density at radius 3 is 2.12 bits per heavy atom. The van der Waals surface area contributed by atoms with Crippen LogP contribution in [0.3, 0.4) is 0 Å². The molecule has 2 heterocycles. The highest BCUT2D eigenvalue weighted by molar-refractivity contribution is 5.77. The van der Waals surface area contributed by atoms with Gasteiger partial charge in [0, 0.05) is 46.0 Å². The van der Waals surface area contributed by atoms with E-state index in [0.717, 1.165) is 0 Å². The highest BCUT2D eigenvalue weighted by Crippen LogP contribution is 2.63. The summed E-state index contributed by atoms with van der Waals surface area (Å²) < 4.78 is 35.6. The molecule has 2 aliphatic carbocycles. The zero-order chi connectivity index (χ0) is 32.1. The number of aliphatic hydroxyl groups is 1. The van der Waals surface area contributed by atoms with Crippen molar-refractivity contribution in [2.45, 2.75) is 122 Å². The Hall–Kier alpha value is -2.99. The van der Waals surface area contributed by atoms with Crippen molar-refractivity contribution in [1.82, 2.24) is 0 Å². The van der Waals surface area contributed by atoms with Crippen molar-refractivity contribution in [2.24, 2.45) is 23.2 Å². The number of hydrogen-bond donors (Lipinski definition) is 1. The number of hydrogen-bond acceptors (Lipinski definition) is 12. The van der Waals surface area contributed by atoms with Gasteiger partial charge in [-0.3, -0.25) is 24.0 Å². The van der Waals surface area contributed by atoms with Crippen LogP contribution in [0, 0.1) is 23.2 Å². The lowest BCUT2D eigenvalue weighted by Gasteiger charge is -2.58. The molecule has 4 aliphatic rings. The second-order valence-corrected chi connectivity index (χ2v) is 13.2. The third-order valence-corrected chi connectivity index (χ3v) is 9.61. The number of rotatable bonds is 6. The highest BCUT2D eigenvalue weighted by atomic mass is 16.6. The van der Waals surface area contributed by atoms with Crippen molar-refractivity contribution in [3.8, 4) is 0 Å². The minimum absolute atomic E-state index is 0.00520. The molecular formula is C31H44O12. The Bertz CT molecular complexity index is 1170. The maximum atomic E-state index is 13.2. The molecule has 1 spiro atoms. The summed E-state index contributed by atoms with van der Waals surface area (Å²) in [6.07, 6.45) is -4.91. The van der Waals surface area contributed by atoms with Crippen LogP contribution < -0.4 is 0 Å². The van der Waals surface area contributed by atoms with Gasteiger partial charge in [-0.05, 0) is 25.7 Å². The molecule has 10 atom stereocenters. The van der Waals surface area contributed by atoms with E-state index in [9.17, 15) is 29.1 Å². The van der Waals surface area contributed by atoms with Crippen LogP contribution in [0.4, 0.5) is 0 Å². The Kier molecular flexibility index (Phi) is 9.06. The fourth-order valence-corrected chi connectivity index (χ4v) is 7.52. The smallest absolute Gasteiger partial charge is 0.312 e. The van der Waals surface area contributed by atoms with Crippen molar-refractivity contribution in [1.29, 1.82) is 0 Å². The fraction of sp³-hybridized carbons (Fsp3) is 0.774. The van der Waals surface area contributed by atoms with E-state index in [4.69, 9.17) is 28.4 Å². The van der Waals surface area contributed by atoms with E-state index in [-0.39, 0.29) is 38.2 Å². The fourth-order valence-electron chi connectivity index (χ4n) is 7.52. The topological polar surface area (TPSA) is 164 Å². The van der Waals surface area contributed by atoms with Gasteiger partial charge in [-0.25, -0.2) is 0 Å². The van der Waals surface area contributed by atoms with Gasteiger partial charge in [-0.15, -0.1) is 0 Å². The summed E-state index contributed by atoms with van der Waals surface area (Å²) in [6, 6.07) is 0. The second-order valence-electron chi connectivity index (χ2n) is 13.2. The molecule has 0 amide bonds. The minimum Gasteiger partial charge on any atom is -0.462 e. The molecule has 0 unspecified atom stereocenters. The first-order valence-corrected chi connectivity index (χ1v) is 14.9. The van der Waals surface area contributed by atoms with E-state index < -0.39 is 88.8 Å². The number of carbonyl (C=O) groups is 5. The molecule has 240 valence electrons. The van der Waals surface area contributed by atoms with Gasteiger partial charge in [0.2, 0.25) is 0 Å². The summed E-state index contributed by atoms with van der Waals surface area (Å²) in [5.74, 6) is -5.46. The molecule has 12 heteroatoms. The van der Waals surface area contributed by atoms with E-state index >= 15 is 0 Å². The lowest BCUT2D eigenvalue weighted by atomic mass is 9.51. The maximum absolute atomic E-state index is 13.2. The maximum Gasteiger partial charge on any atom is 0.312 e. The van der Waals surface area contributed by atoms with Crippen LogP contribution in [-0.4, -0.2) is 83.3 Å². The molecule has 0 aromatic carbocycles. The third kappa shape index (κ3) is 5.92. The van der Waals surface area contributed by atoms with Crippen molar-refractivity contribution in [3.63, 3.8) is 0 Å². The van der Waals surface area contributed by atoms with E-state index in [1.165, 1.54) is 27.7 Å². The van der Waals surface area contributed by atoms with Gasteiger partial charge < -0.3 is 33.5 Å². The first-order valence-electron chi connectivity index (χ1n) is 14.9. The Balaban J connectivity index is 2.02. The molecule has 0 aromatic rings. The molecule has 0 aromatic heterocycles. The lowest BCUT2D eigenvalue weighted by Crippen LogP contribution is -2.72. The summed E-state index contributed by atoms with van der Waals surface area (Å²) >= 11 is 0. The van der Waals surface area contributed by atoms with Crippen LogP contribution in [-0.2, 0) is 52.4 Å². The van der Waals surface area contributed by atoms with Gasteiger partial charge in [-0.2, -0.15) is 0 Å².